The molecular weight excluding hydrogens is 782 g/mol. The minimum Gasteiger partial charge on any atom is -0.457 e. The zero-order valence-corrected chi connectivity index (χ0v) is 41.8. The Morgan fingerprint density at radius 2 is 0.902 bits per heavy atom. The lowest BCUT2D eigenvalue weighted by molar-refractivity contribution is -0.870. The maximum Gasteiger partial charge on any atom is 0.472 e. The van der Waals surface area contributed by atoms with Gasteiger partial charge in [0.15, 0.2) is 0 Å². The van der Waals surface area contributed by atoms with Gasteiger partial charge in [-0.3, -0.25) is 13.8 Å². The van der Waals surface area contributed by atoms with E-state index in [1.165, 1.54) is 167 Å². The minimum absolute atomic E-state index is 0.0866. The largest absolute Gasteiger partial charge is 0.472 e. The molecule has 0 aliphatic carbocycles. The Morgan fingerprint density at radius 3 is 1.38 bits per heavy atom. The molecule has 2 atom stereocenters. The number of hydrogen-bond donors (Lipinski definition) is 1. The fraction of sp³-hybridized carbons (Fsp3) is 0.865. The van der Waals surface area contributed by atoms with Crippen LogP contribution in [0.15, 0.2) is 36.5 Å². The number of rotatable bonds is 48. The van der Waals surface area contributed by atoms with Crippen LogP contribution in [0.4, 0.5) is 0 Å². The van der Waals surface area contributed by atoms with Crippen LogP contribution >= 0.6 is 7.82 Å². The molecule has 0 saturated heterocycles. The number of unbranched alkanes of at least 4 members (excludes halogenated alkanes) is 28. The Balaban J connectivity index is 4.12. The topological polar surface area (TPSA) is 91.3 Å². The third kappa shape index (κ3) is 49.6. The molecule has 0 amide bonds. The number of likely N-dealkylation sites (N-methyl/N-ethyl adjacent to an activating group) is 1. The Bertz CT molecular complexity index is 1070. The van der Waals surface area contributed by atoms with Crippen molar-refractivity contribution in [2.45, 2.75) is 238 Å². The lowest BCUT2D eigenvalue weighted by Gasteiger charge is -2.24. The van der Waals surface area contributed by atoms with E-state index in [1.54, 1.807) is 0 Å². The second-order valence-corrected chi connectivity index (χ2v) is 20.0. The van der Waals surface area contributed by atoms with Gasteiger partial charge in [0.05, 0.1) is 34.4 Å². The van der Waals surface area contributed by atoms with Crippen LogP contribution in [0.25, 0.3) is 0 Å². The SMILES string of the molecule is CCCCC/C=C\C/C=C\CCCCCCCCOCC(COP(=O)(O)OCC[N+](C)(C)C)OC(=O)CCCCCCCCCCCCC/C=C\CCCCCCCCCC. The maximum absolute atomic E-state index is 12.8. The third-order valence-electron chi connectivity index (χ3n) is 11.2. The van der Waals surface area contributed by atoms with E-state index >= 15 is 0 Å². The van der Waals surface area contributed by atoms with Gasteiger partial charge in [0.25, 0.3) is 0 Å². The average molecular weight is 883 g/mol. The quantitative estimate of drug-likeness (QED) is 0.0214. The van der Waals surface area contributed by atoms with E-state index in [9.17, 15) is 14.3 Å². The van der Waals surface area contributed by atoms with Crippen LogP contribution in [0.3, 0.4) is 0 Å². The van der Waals surface area contributed by atoms with Crippen LogP contribution in [0.5, 0.6) is 0 Å². The Hall–Kier alpha value is -1.28. The number of hydrogen-bond acceptors (Lipinski definition) is 6. The summed E-state index contributed by atoms with van der Waals surface area (Å²) in [7, 11) is 1.66. The highest BCUT2D eigenvalue weighted by Crippen LogP contribution is 2.43. The predicted molar refractivity (Wildman–Crippen MR) is 261 cm³/mol. The van der Waals surface area contributed by atoms with Crippen molar-refractivity contribution in [1.82, 2.24) is 0 Å². The number of quaternary nitrogens is 1. The van der Waals surface area contributed by atoms with Crippen molar-refractivity contribution in [3.8, 4) is 0 Å². The van der Waals surface area contributed by atoms with Crippen LogP contribution in [-0.4, -0.2) is 75.6 Å². The summed E-state index contributed by atoms with van der Waals surface area (Å²) in [6, 6.07) is 0. The summed E-state index contributed by atoms with van der Waals surface area (Å²) in [5, 5.41) is 0. The van der Waals surface area contributed by atoms with E-state index in [0.717, 1.165) is 44.9 Å². The van der Waals surface area contributed by atoms with Gasteiger partial charge in [-0.1, -0.05) is 192 Å². The number of esters is 1. The standard InChI is InChI=1S/C52H100NO7P/c1-6-8-10-12-14-16-18-20-22-24-25-26-27-28-29-30-31-33-35-37-39-41-43-45-52(54)60-51(50-59-61(55,56)58-48-46-53(3,4)5)49-57-47-44-42-40-38-36-34-32-23-21-19-17-15-13-11-9-7-2/h15,17,21,23-25,51H,6-14,16,18-20,22,26-50H2,1-5H3/p+1/b17-15-,23-21-,25-24-. The second-order valence-electron chi connectivity index (χ2n) is 18.5. The van der Waals surface area contributed by atoms with E-state index in [4.69, 9.17) is 18.5 Å². The van der Waals surface area contributed by atoms with Gasteiger partial charge >= 0.3 is 13.8 Å². The Morgan fingerprint density at radius 1 is 0.508 bits per heavy atom. The first-order valence-electron chi connectivity index (χ1n) is 25.7. The molecule has 0 aliphatic rings. The number of nitrogens with zero attached hydrogens (tertiary/aromatic N) is 1. The number of phosphoric ester groups is 1. The van der Waals surface area contributed by atoms with Crippen LogP contribution in [0, 0.1) is 0 Å². The van der Waals surface area contributed by atoms with Crippen LogP contribution in [0.2, 0.25) is 0 Å². The van der Waals surface area contributed by atoms with Crippen LogP contribution in [0.1, 0.15) is 232 Å². The fourth-order valence-corrected chi connectivity index (χ4v) is 7.91. The normalized spacial score (nSPS) is 13.9. The van der Waals surface area contributed by atoms with E-state index in [2.05, 4.69) is 50.3 Å². The van der Waals surface area contributed by atoms with Crippen molar-refractivity contribution in [1.29, 1.82) is 0 Å². The zero-order valence-electron chi connectivity index (χ0n) is 40.9. The molecule has 0 aromatic heterocycles. The summed E-state index contributed by atoms with van der Waals surface area (Å²) < 4.78 is 35.1. The lowest BCUT2D eigenvalue weighted by atomic mass is 10.0. The van der Waals surface area contributed by atoms with Gasteiger partial charge in [-0.05, 0) is 70.6 Å². The highest BCUT2D eigenvalue weighted by Gasteiger charge is 2.26. The molecule has 0 fully saturated rings. The smallest absolute Gasteiger partial charge is 0.457 e. The predicted octanol–water partition coefficient (Wildman–Crippen LogP) is 15.7. The van der Waals surface area contributed by atoms with Crippen LogP contribution in [-0.2, 0) is 27.9 Å². The molecule has 0 bridgehead atoms. The first-order chi connectivity index (χ1) is 29.6. The summed E-state index contributed by atoms with van der Waals surface area (Å²) in [4.78, 5) is 23.0. The van der Waals surface area contributed by atoms with E-state index < -0.39 is 13.9 Å². The van der Waals surface area contributed by atoms with Gasteiger partial charge in [0.2, 0.25) is 0 Å². The van der Waals surface area contributed by atoms with Crippen LogP contribution < -0.4 is 0 Å². The van der Waals surface area contributed by atoms with Gasteiger partial charge in [-0.25, -0.2) is 4.57 Å². The Labute approximate surface area is 378 Å². The van der Waals surface area contributed by atoms with Gasteiger partial charge in [0, 0.05) is 13.0 Å². The minimum atomic E-state index is -4.28. The van der Waals surface area contributed by atoms with E-state index in [1.807, 2.05) is 21.1 Å². The van der Waals surface area contributed by atoms with Gasteiger partial charge in [-0.2, -0.15) is 0 Å². The van der Waals surface area contributed by atoms with Gasteiger partial charge in [0.1, 0.15) is 19.3 Å². The number of ether oxygens (including phenoxy) is 2. The fourth-order valence-electron chi connectivity index (χ4n) is 7.17. The molecule has 0 rings (SSSR count). The van der Waals surface area contributed by atoms with Crippen molar-refractivity contribution in [2.75, 3.05) is 54.1 Å². The molecule has 9 heteroatoms. The summed E-state index contributed by atoms with van der Waals surface area (Å²) in [5.41, 5.74) is 0. The number of carbonyl (C=O) groups excluding carboxylic acids is 1. The maximum atomic E-state index is 12.8. The van der Waals surface area contributed by atoms with E-state index in [-0.39, 0.29) is 25.8 Å². The first kappa shape index (κ1) is 59.7. The molecule has 0 aromatic carbocycles. The molecule has 61 heavy (non-hydrogen) atoms. The monoisotopic (exact) mass is 883 g/mol. The first-order valence-corrected chi connectivity index (χ1v) is 27.2. The zero-order chi connectivity index (χ0) is 44.8. The molecule has 0 radical (unpaired) electrons. The van der Waals surface area contributed by atoms with E-state index in [0.29, 0.717) is 24.1 Å². The lowest BCUT2D eigenvalue weighted by Crippen LogP contribution is -2.37. The highest BCUT2D eigenvalue weighted by molar-refractivity contribution is 7.47. The second kappa shape index (κ2) is 45.3. The third-order valence-corrected chi connectivity index (χ3v) is 12.2. The molecule has 0 spiro atoms. The number of phosphoric acid groups is 1. The summed E-state index contributed by atoms with van der Waals surface area (Å²) in [6.07, 6.45) is 54.7. The molecule has 360 valence electrons. The molecule has 1 N–H and O–H groups in total. The molecular formula is C52H101NO7P+. The summed E-state index contributed by atoms with van der Waals surface area (Å²) in [5.74, 6) is -0.316. The van der Waals surface area contributed by atoms with Crippen molar-refractivity contribution < 1.29 is 37.3 Å². The molecule has 8 nitrogen and oxygen atoms in total. The van der Waals surface area contributed by atoms with Crippen molar-refractivity contribution in [3.05, 3.63) is 36.5 Å². The van der Waals surface area contributed by atoms with Gasteiger partial charge < -0.3 is 18.9 Å². The number of carbonyl (C=O) groups is 1. The molecule has 0 aromatic rings. The van der Waals surface area contributed by atoms with Crippen molar-refractivity contribution >= 4 is 13.8 Å². The molecule has 0 heterocycles. The number of allylic oxidation sites excluding steroid dienone is 6. The van der Waals surface area contributed by atoms with Crippen molar-refractivity contribution in [3.63, 3.8) is 0 Å². The Kier molecular flexibility index (Phi) is 44.3. The molecule has 0 aliphatic heterocycles. The molecule has 2 unspecified atom stereocenters. The summed E-state index contributed by atoms with van der Waals surface area (Å²) >= 11 is 0. The molecule has 0 saturated carbocycles. The van der Waals surface area contributed by atoms with Gasteiger partial charge in [-0.15, -0.1) is 0 Å². The highest BCUT2D eigenvalue weighted by atomic mass is 31.2. The summed E-state index contributed by atoms with van der Waals surface area (Å²) in [6.45, 7) is 5.60. The average Bonchev–Trinajstić information content (AvgIpc) is 3.22. The van der Waals surface area contributed by atoms with Crippen molar-refractivity contribution in [2.24, 2.45) is 0 Å².